The summed E-state index contributed by atoms with van der Waals surface area (Å²) in [6.45, 7) is 1.77. The number of unbranched alkanes of at least 4 members (excludes halogenated alkanes) is 4. The standard InChI is InChI=1S/C14H15F13/c1-2-3-4-5-6-7-8-9(15,16)10(17,18)11(19,20)12(21,22)13(23,24)14(25,26)27/h7-8H,2-6H2,1H3/b8-7+. The predicted octanol–water partition coefficient (Wildman–Crippen LogP) is 7.25. The Morgan fingerprint density at radius 1 is 0.556 bits per heavy atom. The molecule has 0 N–H and O–H groups in total. The van der Waals surface area contributed by atoms with Gasteiger partial charge in [-0.3, -0.25) is 0 Å². The molecule has 0 saturated heterocycles. The van der Waals surface area contributed by atoms with Crippen molar-refractivity contribution >= 4 is 0 Å². The first-order valence-corrected chi connectivity index (χ1v) is 7.44. The molecule has 0 aliphatic carbocycles. The van der Waals surface area contributed by atoms with Crippen LogP contribution in [-0.4, -0.2) is 35.8 Å². The zero-order valence-electron chi connectivity index (χ0n) is 13.6. The first-order valence-electron chi connectivity index (χ1n) is 7.44. The molecule has 0 fully saturated rings. The van der Waals surface area contributed by atoms with Crippen molar-refractivity contribution in [1.29, 1.82) is 0 Å². The number of allylic oxidation sites excluding steroid dienone is 2. The smallest absolute Gasteiger partial charge is 0.195 e. The molecule has 0 amide bonds. The molecule has 162 valence electrons. The summed E-state index contributed by atoms with van der Waals surface area (Å²) in [5, 5.41) is 0. The van der Waals surface area contributed by atoms with Crippen LogP contribution in [0.4, 0.5) is 57.1 Å². The Kier molecular flexibility index (Phi) is 7.71. The Morgan fingerprint density at radius 2 is 1.00 bits per heavy atom. The molecular weight excluding hydrogens is 415 g/mol. The Morgan fingerprint density at radius 3 is 1.41 bits per heavy atom. The van der Waals surface area contributed by atoms with Crippen LogP contribution in [0.1, 0.15) is 39.0 Å². The molecule has 0 rings (SSSR count). The molecule has 0 aromatic rings. The van der Waals surface area contributed by atoms with Crippen LogP contribution in [0.3, 0.4) is 0 Å². The van der Waals surface area contributed by atoms with Crippen molar-refractivity contribution in [2.24, 2.45) is 0 Å². The van der Waals surface area contributed by atoms with E-state index in [0.717, 1.165) is 0 Å². The molecule has 0 unspecified atom stereocenters. The van der Waals surface area contributed by atoms with Crippen LogP contribution in [0.15, 0.2) is 12.2 Å². The highest BCUT2D eigenvalue weighted by Gasteiger charge is 2.90. The van der Waals surface area contributed by atoms with Gasteiger partial charge >= 0.3 is 35.8 Å². The van der Waals surface area contributed by atoms with Gasteiger partial charge in [0.2, 0.25) is 0 Å². The second-order valence-corrected chi connectivity index (χ2v) is 5.67. The van der Waals surface area contributed by atoms with Crippen molar-refractivity contribution in [3.8, 4) is 0 Å². The monoisotopic (exact) mass is 430 g/mol. The zero-order valence-corrected chi connectivity index (χ0v) is 13.6. The summed E-state index contributed by atoms with van der Waals surface area (Å²) in [6.07, 6.45) is -6.51. The summed E-state index contributed by atoms with van der Waals surface area (Å²) in [5.74, 6) is -36.6. The van der Waals surface area contributed by atoms with E-state index in [0.29, 0.717) is 19.3 Å². The van der Waals surface area contributed by atoms with Crippen LogP contribution in [-0.2, 0) is 0 Å². The van der Waals surface area contributed by atoms with Gasteiger partial charge in [0, 0.05) is 0 Å². The minimum Gasteiger partial charge on any atom is -0.195 e. The van der Waals surface area contributed by atoms with Crippen molar-refractivity contribution in [2.45, 2.75) is 74.8 Å². The van der Waals surface area contributed by atoms with Gasteiger partial charge in [-0.1, -0.05) is 32.3 Å². The van der Waals surface area contributed by atoms with Gasteiger partial charge in [-0.05, 0) is 18.9 Å². The number of rotatable bonds is 10. The Bertz CT molecular complexity index is 502. The Labute approximate surface area is 145 Å². The number of halogens is 13. The normalized spacial score (nSPS) is 15.6. The van der Waals surface area contributed by atoms with E-state index in [2.05, 4.69) is 0 Å². The maximum atomic E-state index is 13.3. The molecule has 0 radical (unpaired) electrons. The number of alkyl halides is 13. The van der Waals surface area contributed by atoms with Gasteiger partial charge in [0.15, 0.2) is 0 Å². The lowest BCUT2D eigenvalue weighted by atomic mass is 9.93. The van der Waals surface area contributed by atoms with Crippen LogP contribution in [0.2, 0.25) is 0 Å². The van der Waals surface area contributed by atoms with E-state index >= 15 is 0 Å². The maximum Gasteiger partial charge on any atom is 0.460 e. The highest BCUT2D eigenvalue weighted by molar-refractivity contribution is 5.15. The van der Waals surface area contributed by atoms with Crippen molar-refractivity contribution in [3.05, 3.63) is 12.2 Å². The van der Waals surface area contributed by atoms with E-state index in [1.807, 2.05) is 0 Å². The third-order valence-electron chi connectivity index (χ3n) is 3.51. The molecular formula is C14H15F13. The van der Waals surface area contributed by atoms with Gasteiger partial charge in [-0.2, -0.15) is 57.1 Å². The highest BCUT2D eigenvalue weighted by Crippen LogP contribution is 2.60. The molecule has 0 aliphatic heterocycles. The molecule has 0 spiro atoms. The molecule has 0 bridgehead atoms. The summed E-state index contributed by atoms with van der Waals surface area (Å²) in [5.41, 5.74) is 0. The lowest BCUT2D eigenvalue weighted by Crippen LogP contribution is -2.69. The molecule has 0 aromatic heterocycles. The van der Waals surface area contributed by atoms with Crippen LogP contribution >= 0.6 is 0 Å². The summed E-state index contributed by atoms with van der Waals surface area (Å²) >= 11 is 0. The summed E-state index contributed by atoms with van der Waals surface area (Å²) in [6, 6.07) is 0. The van der Waals surface area contributed by atoms with Crippen molar-refractivity contribution in [2.75, 3.05) is 0 Å². The van der Waals surface area contributed by atoms with Gasteiger partial charge in [-0.15, -0.1) is 0 Å². The van der Waals surface area contributed by atoms with Crippen molar-refractivity contribution in [3.63, 3.8) is 0 Å². The van der Waals surface area contributed by atoms with Gasteiger partial charge in [0.25, 0.3) is 0 Å². The molecule has 13 heteroatoms. The van der Waals surface area contributed by atoms with E-state index in [1.165, 1.54) is 0 Å². The van der Waals surface area contributed by atoms with Gasteiger partial charge in [0.1, 0.15) is 0 Å². The SMILES string of the molecule is CCCCCC/C=C/C(F)(F)C(F)(F)C(F)(F)C(F)(F)C(F)(F)C(F)(F)F. The number of hydrogen-bond acceptors (Lipinski definition) is 0. The fraction of sp³-hybridized carbons (Fsp3) is 0.857. The molecule has 27 heavy (non-hydrogen) atoms. The number of hydrogen-bond donors (Lipinski definition) is 0. The van der Waals surface area contributed by atoms with E-state index < -0.39 is 41.9 Å². The maximum absolute atomic E-state index is 13.3. The molecule has 0 aromatic carbocycles. The highest BCUT2D eigenvalue weighted by atomic mass is 19.4. The minimum atomic E-state index is -7.85. The van der Waals surface area contributed by atoms with Crippen LogP contribution in [0, 0.1) is 0 Å². The predicted molar refractivity (Wildman–Crippen MR) is 68.7 cm³/mol. The molecule has 0 heterocycles. The van der Waals surface area contributed by atoms with E-state index in [9.17, 15) is 57.1 Å². The van der Waals surface area contributed by atoms with Crippen molar-refractivity contribution < 1.29 is 57.1 Å². The first-order chi connectivity index (χ1) is 11.8. The molecule has 0 atom stereocenters. The fourth-order valence-electron chi connectivity index (χ4n) is 1.81. The summed E-state index contributed by atoms with van der Waals surface area (Å²) < 4.78 is 166. The van der Waals surface area contributed by atoms with Gasteiger partial charge < -0.3 is 0 Å². The molecule has 0 saturated carbocycles. The Balaban J connectivity index is 5.71. The lowest BCUT2D eigenvalue weighted by molar-refractivity contribution is -0.436. The average molecular weight is 430 g/mol. The van der Waals surface area contributed by atoms with Crippen molar-refractivity contribution in [1.82, 2.24) is 0 Å². The second kappa shape index (κ2) is 8.06. The largest absolute Gasteiger partial charge is 0.460 e. The first kappa shape index (κ1) is 25.8. The van der Waals surface area contributed by atoms with Crippen LogP contribution in [0.5, 0.6) is 0 Å². The second-order valence-electron chi connectivity index (χ2n) is 5.67. The van der Waals surface area contributed by atoms with Gasteiger partial charge in [0.05, 0.1) is 0 Å². The minimum absolute atomic E-state index is 0.144. The van der Waals surface area contributed by atoms with Gasteiger partial charge in [-0.25, -0.2) is 0 Å². The zero-order chi connectivity index (χ0) is 21.9. The van der Waals surface area contributed by atoms with Crippen LogP contribution < -0.4 is 0 Å². The summed E-state index contributed by atoms with van der Waals surface area (Å²) in [4.78, 5) is 0. The summed E-state index contributed by atoms with van der Waals surface area (Å²) in [7, 11) is 0. The van der Waals surface area contributed by atoms with E-state index in [4.69, 9.17) is 0 Å². The third-order valence-corrected chi connectivity index (χ3v) is 3.51. The molecule has 0 nitrogen and oxygen atoms in total. The quantitative estimate of drug-likeness (QED) is 0.195. The van der Waals surface area contributed by atoms with E-state index in [-0.39, 0.29) is 18.9 Å². The van der Waals surface area contributed by atoms with E-state index in [1.54, 1.807) is 6.92 Å². The topological polar surface area (TPSA) is 0 Å². The average Bonchev–Trinajstić information content (AvgIpc) is 2.48. The Hall–Kier alpha value is -1.17. The lowest BCUT2D eigenvalue weighted by Gasteiger charge is -2.39. The van der Waals surface area contributed by atoms with Crippen LogP contribution in [0.25, 0.3) is 0 Å². The third kappa shape index (κ3) is 4.64. The fourth-order valence-corrected chi connectivity index (χ4v) is 1.81. The molecule has 0 aliphatic rings.